The zero-order valence-electron chi connectivity index (χ0n) is 35.6. The Bertz CT molecular complexity index is 1300. The predicted molar refractivity (Wildman–Crippen MR) is 251 cm³/mol. The van der Waals surface area contributed by atoms with Crippen LogP contribution in [-0.4, -0.2) is 0 Å². The summed E-state index contributed by atoms with van der Waals surface area (Å²) in [6.45, 7) is 7.80. The van der Waals surface area contributed by atoms with Gasteiger partial charge in [-0.2, -0.15) is 0 Å². The Morgan fingerprint density at radius 2 is 0.684 bits per heavy atom. The summed E-state index contributed by atoms with van der Waals surface area (Å²) in [5, 5.41) is 0. The van der Waals surface area contributed by atoms with Crippen LogP contribution in [0.2, 0.25) is 0 Å². The van der Waals surface area contributed by atoms with Crippen LogP contribution in [0.25, 0.3) is 0 Å². The molecule has 0 N–H and O–H groups in total. The molecule has 0 saturated heterocycles. The van der Waals surface area contributed by atoms with Crippen molar-refractivity contribution in [2.75, 3.05) is 0 Å². The summed E-state index contributed by atoms with van der Waals surface area (Å²) >= 11 is -1.65. The Morgan fingerprint density at radius 1 is 0.404 bits per heavy atom. The fraction of sp³-hybridized carbons (Fsp3) is 0.529. The van der Waals surface area contributed by atoms with Crippen molar-refractivity contribution in [1.82, 2.24) is 0 Å². The molecule has 6 heteroatoms. The Labute approximate surface area is 390 Å². The van der Waals surface area contributed by atoms with E-state index in [0.29, 0.717) is 0 Å². The SMILES string of the molecule is C=CCC1CCC(CCC2C3C=CC=CC3C3C=CC=CC32)C1.C=CCCC1CCC(CCC2C3C=CC=CC3C3C=CC=CC32)C1.[CH3-].[CH3-].[CH3-].[CH3-].[Cl][Zr+2][Cl].[Cl][Zr+2][Cl]. The molecule has 8 rings (SSSR count). The van der Waals surface area contributed by atoms with E-state index in [0.717, 1.165) is 82.9 Å². The number of allylic oxidation sites excluding steroid dienone is 18. The van der Waals surface area contributed by atoms with Gasteiger partial charge in [0.1, 0.15) is 0 Å². The van der Waals surface area contributed by atoms with Gasteiger partial charge in [0.25, 0.3) is 0 Å². The molecule has 0 aromatic rings. The van der Waals surface area contributed by atoms with Gasteiger partial charge < -0.3 is 29.7 Å². The maximum atomic E-state index is 4.93. The summed E-state index contributed by atoms with van der Waals surface area (Å²) in [5.74, 6) is 11.6. The molecule has 0 spiro atoms. The molecule has 57 heavy (non-hydrogen) atoms. The fourth-order valence-electron chi connectivity index (χ4n) is 11.9. The quantitative estimate of drug-likeness (QED) is 0.143. The Kier molecular flexibility index (Phi) is 29.5. The molecule has 8 aliphatic rings. The molecule has 0 heterocycles. The molecule has 12 atom stereocenters. The van der Waals surface area contributed by atoms with Crippen molar-refractivity contribution in [1.29, 1.82) is 0 Å². The van der Waals surface area contributed by atoms with Crippen molar-refractivity contribution >= 4 is 34.1 Å². The van der Waals surface area contributed by atoms with Gasteiger partial charge in [-0.05, 0) is 134 Å². The van der Waals surface area contributed by atoms with E-state index < -0.39 is 41.7 Å². The van der Waals surface area contributed by atoms with Crippen molar-refractivity contribution in [3.05, 3.63) is 152 Å². The molecule has 0 amide bonds. The first-order chi connectivity index (χ1) is 26.1. The summed E-state index contributed by atoms with van der Waals surface area (Å²) in [6.07, 6.45) is 60.7. The van der Waals surface area contributed by atoms with Crippen molar-refractivity contribution in [2.24, 2.45) is 82.9 Å². The van der Waals surface area contributed by atoms with Crippen molar-refractivity contribution in [2.45, 2.75) is 83.5 Å². The van der Waals surface area contributed by atoms with Crippen LogP contribution in [0.5, 0.6) is 0 Å². The molecule has 0 radical (unpaired) electrons. The number of fused-ring (bicyclic) bond motifs is 6. The second-order valence-electron chi connectivity index (χ2n) is 16.8. The van der Waals surface area contributed by atoms with E-state index in [1.807, 2.05) is 0 Å². The second kappa shape index (κ2) is 30.4. The zero-order valence-corrected chi connectivity index (χ0v) is 43.5. The molecule has 12 unspecified atom stereocenters. The minimum absolute atomic E-state index is 0. The van der Waals surface area contributed by atoms with Gasteiger partial charge >= 0.3 is 75.7 Å². The molecule has 8 aliphatic carbocycles. The van der Waals surface area contributed by atoms with Crippen LogP contribution in [0, 0.1) is 113 Å². The average Bonchev–Trinajstić information content (AvgIpc) is 3.98. The molecule has 0 nitrogen and oxygen atoms in total. The number of hydrogen-bond donors (Lipinski definition) is 0. The molecule has 0 aromatic heterocycles. The van der Waals surface area contributed by atoms with Gasteiger partial charge in [0.05, 0.1) is 0 Å². The molecule has 4 fully saturated rings. The van der Waals surface area contributed by atoms with Crippen LogP contribution in [0.4, 0.5) is 0 Å². The van der Waals surface area contributed by atoms with Gasteiger partial charge in [-0.25, -0.2) is 0 Å². The van der Waals surface area contributed by atoms with Gasteiger partial charge in [-0.3, -0.25) is 0 Å². The topological polar surface area (TPSA) is 0 Å². The van der Waals surface area contributed by atoms with Crippen LogP contribution in [0.3, 0.4) is 0 Å². The molecule has 0 aliphatic heterocycles. The monoisotopic (exact) mass is 1010 g/mol. The van der Waals surface area contributed by atoms with Crippen LogP contribution >= 0.6 is 34.1 Å². The van der Waals surface area contributed by atoms with Crippen molar-refractivity contribution < 1.29 is 41.7 Å². The molecule has 0 bridgehead atoms. The summed E-state index contributed by atoms with van der Waals surface area (Å²) in [7, 11) is 19.7. The van der Waals surface area contributed by atoms with Crippen LogP contribution in [0.15, 0.2) is 123 Å². The van der Waals surface area contributed by atoms with E-state index >= 15 is 0 Å². The van der Waals surface area contributed by atoms with Gasteiger partial charge in [0.2, 0.25) is 0 Å². The van der Waals surface area contributed by atoms with Crippen LogP contribution in [-0.2, 0) is 41.7 Å². The summed E-state index contributed by atoms with van der Waals surface area (Å²) in [5.41, 5.74) is 0. The van der Waals surface area contributed by atoms with Gasteiger partial charge in [0, 0.05) is 0 Å². The van der Waals surface area contributed by atoms with E-state index in [-0.39, 0.29) is 29.7 Å². The zero-order chi connectivity index (χ0) is 37.4. The normalized spacial score (nSPS) is 35.7. The predicted octanol–water partition coefficient (Wildman–Crippen LogP) is 17.2. The molecular weight excluding hydrogens is 937 g/mol. The van der Waals surface area contributed by atoms with E-state index in [9.17, 15) is 0 Å². The fourth-order valence-corrected chi connectivity index (χ4v) is 11.9. The van der Waals surface area contributed by atoms with Crippen LogP contribution in [0.1, 0.15) is 83.5 Å². The number of halogens is 4. The molecule has 4 saturated carbocycles. The van der Waals surface area contributed by atoms with E-state index in [1.54, 1.807) is 0 Å². The Balaban J connectivity index is 0.000000472. The van der Waals surface area contributed by atoms with Crippen molar-refractivity contribution in [3.8, 4) is 0 Å². The Morgan fingerprint density at radius 3 is 1.00 bits per heavy atom. The third-order valence-electron chi connectivity index (χ3n) is 14.2. The first-order valence-electron chi connectivity index (χ1n) is 20.6. The standard InChI is InChI=1S/C24H32.C23H30.4CH3.4ClH.2Zr/c1-2-3-8-18-13-14-19(17-18)15-16-24-22-11-6-4-9-20(22)21-10-5-7-12-23(21)24;1-2-7-17-12-13-18(16-17)14-15-23-21-10-5-3-8-19(21)20-9-4-6-11-22(20)23;;;;;;;;;;/h2,4-7,9-12,18-24H,1,3,8,13-17H2;2-6,8-11,17-23H,1,7,12-16H2;4*1H3;4*1H;;/q;;4*-1;;;;;2*+4/p-4. The first kappa shape index (κ1) is 55.3. The van der Waals surface area contributed by atoms with E-state index in [4.69, 9.17) is 34.1 Å². The van der Waals surface area contributed by atoms with Gasteiger partial charge in [-0.1, -0.05) is 141 Å². The van der Waals surface area contributed by atoms with E-state index in [2.05, 4.69) is 123 Å². The summed E-state index contributed by atoms with van der Waals surface area (Å²) < 4.78 is 0. The van der Waals surface area contributed by atoms with E-state index in [1.165, 1.54) is 83.5 Å². The number of hydrogen-bond acceptors (Lipinski definition) is 0. The molecular formula is C51H74Cl4Zr2. The Hall–Kier alpha value is 0.326. The van der Waals surface area contributed by atoms with Crippen LogP contribution < -0.4 is 0 Å². The van der Waals surface area contributed by atoms with Gasteiger partial charge in [0.15, 0.2) is 0 Å². The number of rotatable bonds is 11. The summed E-state index contributed by atoms with van der Waals surface area (Å²) in [4.78, 5) is 0. The summed E-state index contributed by atoms with van der Waals surface area (Å²) in [6, 6.07) is 0. The third-order valence-corrected chi connectivity index (χ3v) is 14.2. The van der Waals surface area contributed by atoms with Crippen molar-refractivity contribution in [3.63, 3.8) is 0 Å². The molecule has 314 valence electrons. The van der Waals surface area contributed by atoms with Gasteiger partial charge in [-0.15, -0.1) is 13.2 Å². The minimum atomic E-state index is -0.826. The maximum absolute atomic E-state index is 4.93. The average molecular weight is 1010 g/mol. The molecule has 0 aromatic carbocycles. The first-order valence-corrected chi connectivity index (χ1v) is 33.3. The third kappa shape index (κ3) is 15.6. The second-order valence-corrected chi connectivity index (χ2v) is 24.3.